The average molecular weight is 428 g/mol. The molecule has 0 atom stereocenters. The van der Waals surface area contributed by atoms with Crippen LogP contribution < -0.4 is 10.2 Å². The summed E-state index contributed by atoms with van der Waals surface area (Å²) in [6.45, 7) is 10.2. The van der Waals surface area contributed by atoms with E-state index < -0.39 is 5.91 Å². The number of benzene rings is 2. The highest BCUT2D eigenvalue weighted by Crippen LogP contribution is 2.32. The normalized spacial score (nSPS) is 11.4. The number of halogens is 1. The van der Waals surface area contributed by atoms with Crippen molar-refractivity contribution in [1.29, 1.82) is 0 Å². The van der Waals surface area contributed by atoms with Gasteiger partial charge < -0.3 is 4.74 Å². The molecular weight excluding hydrogens is 402 g/mol. The zero-order valence-electron chi connectivity index (χ0n) is 17.8. The van der Waals surface area contributed by atoms with E-state index >= 15 is 0 Å². The molecule has 0 bridgehead atoms. The van der Waals surface area contributed by atoms with Crippen LogP contribution in [0.1, 0.15) is 53.5 Å². The maximum atomic E-state index is 13.0. The number of ether oxygens (including phenoxy) is 1. The van der Waals surface area contributed by atoms with Crippen LogP contribution in [0.2, 0.25) is 5.02 Å². The van der Waals surface area contributed by atoms with E-state index in [2.05, 4.69) is 21.7 Å². The summed E-state index contributed by atoms with van der Waals surface area (Å²) in [6.07, 6.45) is 0. The first-order valence-electron chi connectivity index (χ1n) is 9.65. The van der Waals surface area contributed by atoms with Crippen molar-refractivity contribution in [3.05, 3.63) is 75.4 Å². The van der Waals surface area contributed by atoms with E-state index in [1.165, 1.54) is 5.56 Å². The van der Waals surface area contributed by atoms with Gasteiger partial charge in [0.25, 0.3) is 5.91 Å². The molecule has 3 aromatic rings. The predicted octanol–water partition coefficient (Wildman–Crippen LogP) is 5.63. The van der Waals surface area contributed by atoms with Crippen molar-refractivity contribution in [2.45, 2.75) is 46.6 Å². The fourth-order valence-electron chi connectivity index (χ4n) is 3.04. The molecule has 0 aliphatic rings. The van der Waals surface area contributed by atoms with Crippen molar-refractivity contribution >= 4 is 17.5 Å². The van der Waals surface area contributed by atoms with E-state index in [0.29, 0.717) is 22.0 Å². The molecule has 0 fully saturated rings. The number of hydrogen-bond donors (Lipinski definition) is 2. The van der Waals surface area contributed by atoms with Gasteiger partial charge in [-0.1, -0.05) is 62.2 Å². The summed E-state index contributed by atoms with van der Waals surface area (Å²) in [5.74, 6) is 0.294. The lowest BCUT2D eigenvalue weighted by Gasteiger charge is -2.17. The second kappa shape index (κ2) is 8.90. The lowest BCUT2D eigenvalue weighted by Crippen LogP contribution is -2.27. The van der Waals surface area contributed by atoms with Crippen molar-refractivity contribution in [2.75, 3.05) is 0 Å². The Morgan fingerprint density at radius 3 is 2.60 bits per heavy atom. The number of aromatic amines is 1. The zero-order chi connectivity index (χ0) is 21.9. The largest absolute Gasteiger partial charge is 0.439 e. The maximum Gasteiger partial charge on any atom is 0.282 e. The Balaban J connectivity index is 1.79. The van der Waals surface area contributed by atoms with Gasteiger partial charge in [-0.3, -0.25) is 9.63 Å². The molecule has 1 heterocycles. The minimum atomic E-state index is -0.435. The van der Waals surface area contributed by atoms with Gasteiger partial charge in [0.1, 0.15) is 17.9 Å². The fraction of sp³-hybridized carbons (Fsp3) is 0.304. The zero-order valence-corrected chi connectivity index (χ0v) is 18.6. The second-order valence-corrected chi connectivity index (χ2v) is 8.67. The number of carbonyl (C=O) groups excluding carboxylic acids is 1. The minimum Gasteiger partial charge on any atom is -0.439 e. The second-order valence-electron chi connectivity index (χ2n) is 8.24. The Bertz CT molecular complexity index is 1050. The summed E-state index contributed by atoms with van der Waals surface area (Å²) in [5, 5.41) is 7.67. The molecule has 30 heavy (non-hydrogen) atoms. The number of carbonyl (C=O) groups is 1. The van der Waals surface area contributed by atoms with E-state index in [1.807, 2.05) is 46.8 Å². The van der Waals surface area contributed by atoms with Crippen LogP contribution in [0.4, 0.5) is 0 Å². The van der Waals surface area contributed by atoms with Gasteiger partial charge in [-0.05, 0) is 43.2 Å². The molecule has 2 N–H and O–H groups in total. The first-order valence-corrected chi connectivity index (χ1v) is 10.0. The number of hydroxylamine groups is 1. The Labute approximate surface area is 181 Å². The first-order chi connectivity index (χ1) is 14.1. The number of H-pyrrole nitrogens is 1. The number of nitrogens with zero attached hydrogens (tertiary/aromatic N) is 1. The van der Waals surface area contributed by atoms with Gasteiger partial charge in [-0.2, -0.15) is 5.10 Å². The number of rotatable bonds is 6. The Hall–Kier alpha value is -2.83. The Kier molecular flexibility index (Phi) is 6.48. The monoisotopic (exact) mass is 427 g/mol. The lowest BCUT2D eigenvalue weighted by molar-refractivity contribution is 0.0228. The number of aromatic nitrogens is 2. The topological polar surface area (TPSA) is 76.2 Å². The van der Waals surface area contributed by atoms with Crippen LogP contribution in [-0.4, -0.2) is 16.1 Å². The highest BCUT2D eigenvalue weighted by atomic mass is 35.5. The summed E-state index contributed by atoms with van der Waals surface area (Å²) in [5.41, 5.74) is 6.29. The Morgan fingerprint density at radius 1 is 1.17 bits per heavy atom. The lowest BCUT2D eigenvalue weighted by atomic mass is 9.89. The van der Waals surface area contributed by atoms with Crippen LogP contribution in [0.15, 0.2) is 42.5 Å². The molecule has 0 saturated carbocycles. The van der Waals surface area contributed by atoms with E-state index in [0.717, 1.165) is 11.1 Å². The fourth-order valence-corrected chi connectivity index (χ4v) is 3.22. The van der Waals surface area contributed by atoms with Crippen LogP contribution in [0.25, 0.3) is 0 Å². The molecule has 0 spiro atoms. The minimum absolute atomic E-state index is 0.231. The van der Waals surface area contributed by atoms with Gasteiger partial charge in [0.05, 0.1) is 5.69 Å². The summed E-state index contributed by atoms with van der Waals surface area (Å²) < 4.78 is 5.87. The molecule has 0 aliphatic heterocycles. The number of aryl methyl sites for hydroxylation is 2. The summed E-state index contributed by atoms with van der Waals surface area (Å²) >= 11 is 6.04. The SMILES string of the molecule is Cc1ccc(CONC(=O)c2c(C(C)(C)C)n[nH]c2Oc2cccc(Cl)c2)c(C)c1. The van der Waals surface area contributed by atoms with Crippen molar-refractivity contribution in [3.8, 4) is 11.6 Å². The quantitative estimate of drug-likeness (QED) is 0.500. The van der Waals surface area contributed by atoms with Gasteiger partial charge in [0, 0.05) is 10.4 Å². The third kappa shape index (κ3) is 5.20. The van der Waals surface area contributed by atoms with Crippen molar-refractivity contribution in [1.82, 2.24) is 15.7 Å². The van der Waals surface area contributed by atoms with Crippen LogP contribution in [-0.2, 0) is 16.9 Å². The standard InChI is InChI=1S/C23H26ClN3O3/c1-14-9-10-16(15(2)11-14)13-29-27-21(28)19-20(23(3,4)5)25-26-22(19)30-18-8-6-7-17(24)12-18/h6-12H,13H2,1-5H3,(H,25,26)(H,27,28). The molecule has 0 saturated heterocycles. The van der Waals surface area contributed by atoms with Crippen LogP contribution in [0.5, 0.6) is 11.6 Å². The van der Waals surface area contributed by atoms with Crippen LogP contribution >= 0.6 is 11.6 Å². The number of amides is 1. The van der Waals surface area contributed by atoms with Crippen molar-refractivity contribution in [3.63, 3.8) is 0 Å². The molecular formula is C23H26ClN3O3. The molecule has 7 heteroatoms. The molecule has 6 nitrogen and oxygen atoms in total. The van der Waals surface area contributed by atoms with E-state index in [1.54, 1.807) is 24.3 Å². The summed E-state index contributed by atoms with van der Waals surface area (Å²) in [7, 11) is 0. The first kappa shape index (κ1) is 21.9. The molecule has 0 radical (unpaired) electrons. The highest BCUT2D eigenvalue weighted by Gasteiger charge is 2.30. The Morgan fingerprint density at radius 2 is 1.93 bits per heavy atom. The van der Waals surface area contributed by atoms with E-state index in [4.69, 9.17) is 21.2 Å². The third-order valence-electron chi connectivity index (χ3n) is 4.58. The maximum absolute atomic E-state index is 13.0. The number of nitrogens with one attached hydrogen (secondary N) is 2. The average Bonchev–Trinajstić information content (AvgIpc) is 3.07. The summed E-state index contributed by atoms with van der Waals surface area (Å²) in [4.78, 5) is 18.5. The number of hydrogen-bond acceptors (Lipinski definition) is 4. The third-order valence-corrected chi connectivity index (χ3v) is 4.81. The van der Waals surface area contributed by atoms with E-state index in [9.17, 15) is 4.79 Å². The van der Waals surface area contributed by atoms with Gasteiger partial charge in [0.15, 0.2) is 0 Å². The van der Waals surface area contributed by atoms with Crippen molar-refractivity contribution in [2.24, 2.45) is 0 Å². The van der Waals surface area contributed by atoms with Crippen LogP contribution in [0, 0.1) is 13.8 Å². The highest BCUT2D eigenvalue weighted by molar-refractivity contribution is 6.30. The molecule has 158 valence electrons. The predicted molar refractivity (Wildman–Crippen MR) is 117 cm³/mol. The molecule has 1 aromatic heterocycles. The molecule has 3 rings (SSSR count). The molecule has 0 aliphatic carbocycles. The van der Waals surface area contributed by atoms with Gasteiger partial charge in [-0.15, -0.1) is 0 Å². The van der Waals surface area contributed by atoms with Crippen LogP contribution in [0.3, 0.4) is 0 Å². The van der Waals surface area contributed by atoms with Gasteiger partial charge >= 0.3 is 0 Å². The summed E-state index contributed by atoms with van der Waals surface area (Å²) in [6, 6.07) is 13.0. The smallest absolute Gasteiger partial charge is 0.282 e. The molecule has 2 aromatic carbocycles. The molecule has 0 unspecified atom stereocenters. The molecule has 1 amide bonds. The van der Waals surface area contributed by atoms with E-state index in [-0.39, 0.29) is 17.9 Å². The van der Waals surface area contributed by atoms with Gasteiger partial charge in [-0.25, -0.2) is 10.6 Å². The van der Waals surface area contributed by atoms with Crippen molar-refractivity contribution < 1.29 is 14.4 Å². The van der Waals surface area contributed by atoms with Gasteiger partial charge in [0.2, 0.25) is 5.88 Å².